The van der Waals surface area contributed by atoms with Gasteiger partial charge in [-0.2, -0.15) is 0 Å². The summed E-state index contributed by atoms with van der Waals surface area (Å²) in [5.74, 6) is 0. The summed E-state index contributed by atoms with van der Waals surface area (Å²) in [6.07, 6.45) is 32.6. The van der Waals surface area contributed by atoms with Crippen LogP contribution in [0.5, 0.6) is 0 Å². The molecule has 14 rings (SSSR count). The lowest BCUT2D eigenvalue weighted by molar-refractivity contribution is 1.21. The van der Waals surface area contributed by atoms with Gasteiger partial charge in [0.25, 0.3) is 0 Å². The molecule has 0 bridgehead atoms. The SMILES string of the molecule is Cc1cc2cccnc2cn1.Cc1cc2ccncc2cn1.Cc1cc2cnccc2cn1.Cc1cc2ncccc2cn1.Cc1cnc2ccncc2c1.Cc1cnc2cnccc2c1.Cc1cnc2ncccc2c1. The largest absolute Gasteiger partial charge is 0.264 e. The van der Waals surface area contributed by atoms with Crippen LogP contribution in [-0.4, -0.2) is 69.8 Å². The average Bonchev–Trinajstić information content (AvgIpc) is 3.46. The van der Waals surface area contributed by atoms with E-state index in [-0.39, 0.29) is 0 Å². The quantitative estimate of drug-likeness (QED) is 0.140. The third-order valence-electron chi connectivity index (χ3n) is 11.4. The molecule has 0 N–H and O–H groups in total. The van der Waals surface area contributed by atoms with Gasteiger partial charge < -0.3 is 0 Å². The molecule has 0 aliphatic carbocycles. The van der Waals surface area contributed by atoms with Crippen LogP contribution in [0.4, 0.5) is 0 Å². The van der Waals surface area contributed by atoms with Crippen molar-refractivity contribution in [3.8, 4) is 0 Å². The van der Waals surface area contributed by atoms with E-state index in [9.17, 15) is 0 Å². The summed E-state index contributed by atoms with van der Waals surface area (Å²) in [6.45, 7) is 14.0. The molecule has 0 fully saturated rings. The van der Waals surface area contributed by atoms with E-state index in [0.717, 1.165) is 93.6 Å². The van der Waals surface area contributed by atoms with Gasteiger partial charge >= 0.3 is 0 Å². The van der Waals surface area contributed by atoms with Crippen LogP contribution in [0.1, 0.15) is 39.5 Å². The van der Waals surface area contributed by atoms with E-state index in [1.807, 2.05) is 183 Å². The van der Waals surface area contributed by atoms with Crippen LogP contribution in [0.3, 0.4) is 0 Å². The minimum Gasteiger partial charge on any atom is -0.264 e. The van der Waals surface area contributed by atoms with Crippen LogP contribution in [-0.2, 0) is 0 Å². The van der Waals surface area contributed by atoms with Gasteiger partial charge in [-0.25, -0.2) is 9.97 Å². The van der Waals surface area contributed by atoms with Crippen LogP contribution >= 0.6 is 0 Å². The smallest absolute Gasteiger partial charge is 0.159 e. The number of hydrogen-bond acceptors (Lipinski definition) is 14. The molecule has 14 aromatic heterocycles. The number of hydrogen-bond donors (Lipinski definition) is 0. The highest BCUT2D eigenvalue weighted by Gasteiger charge is 1.97. The Morgan fingerprint density at radius 1 is 0.221 bits per heavy atom. The van der Waals surface area contributed by atoms with Crippen LogP contribution in [0.2, 0.25) is 0 Å². The van der Waals surface area contributed by atoms with Crippen molar-refractivity contribution in [1.29, 1.82) is 0 Å². The zero-order valence-electron chi connectivity index (χ0n) is 44.0. The molecule has 378 valence electrons. The predicted molar refractivity (Wildman–Crippen MR) is 310 cm³/mol. The van der Waals surface area contributed by atoms with E-state index < -0.39 is 0 Å². The first-order valence-corrected chi connectivity index (χ1v) is 24.7. The van der Waals surface area contributed by atoms with Crippen LogP contribution in [0.25, 0.3) is 76.2 Å². The summed E-state index contributed by atoms with van der Waals surface area (Å²) in [7, 11) is 0. The van der Waals surface area contributed by atoms with Crippen molar-refractivity contribution in [3.63, 3.8) is 0 Å². The topological polar surface area (TPSA) is 180 Å². The summed E-state index contributed by atoms with van der Waals surface area (Å²) in [5, 5.41) is 10.2. The fourth-order valence-electron chi connectivity index (χ4n) is 7.57. The van der Waals surface area contributed by atoms with E-state index in [2.05, 4.69) is 94.0 Å². The summed E-state index contributed by atoms with van der Waals surface area (Å²) in [4.78, 5) is 57.8. The molecule has 0 radical (unpaired) electrons. The Hall–Kier alpha value is -10.1. The van der Waals surface area contributed by atoms with E-state index in [4.69, 9.17) is 0 Å². The summed E-state index contributed by atoms with van der Waals surface area (Å²) in [6, 6.07) is 34.0. The maximum Gasteiger partial charge on any atom is 0.159 e. The molecule has 0 aromatic carbocycles. The Bertz CT molecular complexity index is 3430. The normalized spacial score (nSPS) is 10.3. The van der Waals surface area contributed by atoms with Crippen molar-refractivity contribution in [2.45, 2.75) is 48.5 Å². The minimum absolute atomic E-state index is 0.818. The first-order chi connectivity index (χ1) is 37.5. The van der Waals surface area contributed by atoms with Crippen molar-refractivity contribution in [3.05, 3.63) is 254 Å². The lowest BCUT2D eigenvalue weighted by Gasteiger charge is -1.95. The number of fused-ring (bicyclic) bond motifs is 7. The molecule has 0 saturated heterocycles. The van der Waals surface area contributed by atoms with Crippen molar-refractivity contribution >= 4 is 76.2 Å². The summed E-state index contributed by atoms with van der Waals surface area (Å²) in [5.41, 5.74) is 12.4. The number of pyridine rings is 14. The lowest BCUT2D eigenvalue weighted by atomic mass is 10.2. The fraction of sp³-hybridized carbons (Fsp3) is 0.111. The van der Waals surface area contributed by atoms with Crippen LogP contribution < -0.4 is 0 Å². The summed E-state index contributed by atoms with van der Waals surface area (Å²) < 4.78 is 0. The maximum absolute atomic E-state index is 4.24. The monoisotopic (exact) mass is 1010 g/mol. The molecular weight excluding hydrogens is 953 g/mol. The Morgan fingerprint density at radius 3 is 1.39 bits per heavy atom. The highest BCUT2D eigenvalue weighted by atomic mass is 14.8. The van der Waals surface area contributed by atoms with E-state index in [1.54, 1.807) is 55.8 Å². The van der Waals surface area contributed by atoms with Crippen molar-refractivity contribution in [2.24, 2.45) is 0 Å². The van der Waals surface area contributed by atoms with Crippen molar-refractivity contribution in [1.82, 2.24) is 69.8 Å². The second-order valence-corrected chi connectivity index (χ2v) is 17.9. The molecule has 0 unspecified atom stereocenters. The van der Waals surface area contributed by atoms with Gasteiger partial charge in [0.05, 0.1) is 34.5 Å². The molecule has 77 heavy (non-hydrogen) atoms. The Kier molecular flexibility index (Phi) is 18.5. The zero-order valence-corrected chi connectivity index (χ0v) is 44.0. The molecule has 14 heterocycles. The fourth-order valence-corrected chi connectivity index (χ4v) is 7.57. The van der Waals surface area contributed by atoms with Crippen molar-refractivity contribution < 1.29 is 0 Å². The van der Waals surface area contributed by atoms with Crippen LogP contribution in [0.15, 0.2) is 215 Å². The minimum atomic E-state index is 0.818. The molecule has 14 heteroatoms. The predicted octanol–water partition coefficient (Wildman–Crippen LogP) is 13.6. The highest BCUT2D eigenvalue weighted by molar-refractivity contribution is 5.82. The van der Waals surface area contributed by atoms with E-state index >= 15 is 0 Å². The van der Waals surface area contributed by atoms with Gasteiger partial charge in [-0.1, -0.05) is 6.07 Å². The van der Waals surface area contributed by atoms with E-state index in [0.29, 0.717) is 0 Å². The molecular formula is C63H56N14. The van der Waals surface area contributed by atoms with Gasteiger partial charge in [0.2, 0.25) is 0 Å². The maximum atomic E-state index is 4.24. The first kappa shape index (κ1) is 53.2. The molecule has 0 spiro atoms. The molecule has 0 saturated carbocycles. The Labute approximate surface area is 446 Å². The lowest BCUT2D eigenvalue weighted by Crippen LogP contribution is -1.82. The average molecular weight is 1010 g/mol. The number of aryl methyl sites for hydroxylation is 7. The van der Waals surface area contributed by atoms with E-state index in [1.165, 1.54) is 22.1 Å². The van der Waals surface area contributed by atoms with Gasteiger partial charge in [-0.15, -0.1) is 0 Å². The van der Waals surface area contributed by atoms with Crippen molar-refractivity contribution in [2.75, 3.05) is 0 Å². The zero-order chi connectivity index (χ0) is 53.8. The second kappa shape index (κ2) is 26.7. The van der Waals surface area contributed by atoms with Gasteiger partial charge in [-0.3, -0.25) is 59.8 Å². The molecule has 0 atom stereocenters. The first-order valence-electron chi connectivity index (χ1n) is 24.7. The van der Waals surface area contributed by atoms with Gasteiger partial charge in [0, 0.05) is 165 Å². The summed E-state index contributed by atoms with van der Waals surface area (Å²) >= 11 is 0. The van der Waals surface area contributed by atoms with Gasteiger partial charge in [0.1, 0.15) is 0 Å². The standard InChI is InChI=1S/7C9H8N2/c1-7-4-9-5-10-3-2-8(9)6-11-7;1-7-4-8-2-3-10-5-9(8)6-11-7;1-7-4-8-6-10-3-2-9(8)11-5-7;1-7-4-8-2-3-10-6-9(8)11-5-7;1-7-5-9-8(6-11-7)3-2-4-10-9;1-7-5-8-3-2-4-10-9(8)6-11-7;1-7-5-8-3-2-4-10-9(8)11-6-7/h7*2-6H,1H3. The van der Waals surface area contributed by atoms with Gasteiger partial charge in [0.15, 0.2) is 5.65 Å². The molecule has 14 nitrogen and oxygen atoms in total. The third-order valence-corrected chi connectivity index (χ3v) is 11.4. The molecule has 0 aliphatic heterocycles. The molecule has 14 aromatic rings. The Balaban J connectivity index is 0.000000119. The molecule has 0 aliphatic rings. The highest BCUT2D eigenvalue weighted by Crippen LogP contribution is 2.15. The van der Waals surface area contributed by atoms with Gasteiger partial charge in [-0.05, 0) is 168 Å². The molecule has 0 amide bonds. The second-order valence-electron chi connectivity index (χ2n) is 17.9. The number of nitrogens with zero attached hydrogens (tertiary/aromatic N) is 14. The number of rotatable bonds is 0. The number of aromatic nitrogens is 14. The Morgan fingerprint density at radius 2 is 0.662 bits per heavy atom. The third kappa shape index (κ3) is 16.0. The van der Waals surface area contributed by atoms with Crippen LogP contribution in [0, 0.1) is 48.5 Å².